The highest BCUT2D eigenvalue weighted by atomic mass is 35.5. The quantitative estimate of drug-likeness (QED) is 0.161. The topological polar surface area (TPSA) is 89.5 Å². The molecule has 0 bridgehead atoms. The van der Waals surface area contributed by atoms with E-state index in [0.29, 0.717) is 0 Å². The number of aryl methyl sites for hydroxylation is 1. The molecule has 1 fully saturated rings. The van der Waals surface area contributed by atoms with Crippen molar-refractivity contribution in [3.05, 3.63) is 131 Å². The molecule has 0 aliphatic carbocycles. The number of nitrogens with zero attached hydrogens (tertiary/aromatic N) is 1. The van der Waals surface area contributed by atoms with Crippen LogP contribution >= 0.6 is 23.4 Å². The maximum atomic E-state index is 14.1. The Labute approximate surface area is 274 Å². The van der Waals surface area contributed by atoms with Gasteiger partial charge in [-0.25, -0.2) is 4.79 Å². The Bertz CT molecular complexity index is 1490. The van der Waals surface area contributed by atoms with Gasteiger partial charge in [-0.05, 0) is 71.5 Å². The molecule has 2 N–H and O–H groups in total. The maximum Gasteiger partial charge on any atom is 0.407 e. The predicted molar refractivity (Wildman–Crippen MR) is 179 cm³/mol. The van der Waals surface area contributed by atoms with Crippen LogP contribution in [0.25, 0.3) is 0 Å². The van der Waals surface area contributed by atoms with Crippen LogP contribution in [0.15, 0.2) is 108 Å². The van der Waals surface area contributed by atoms with Gasteiger partial charge in [0.05, 0.1) is 19.3 Å². The van der Waals surface area contributed by atoms with Gasteiger partial charge in [-0.2, -0.15) is 0 Å². The lowest BCUT2D eigenvalue weighted by molar-refractivity contribution is -0.120. The van der Waals surface area contributed by atoms with Crippen LogP contribution in [0.4, 0.5) is 4.79 Å². The Morgan fingerprint density at radius 2 is 1.60 bits per heavy atom. The fraction of sp³-hybridized carbons (Fsp3) is 0.306. The van der Waals surface area contributed by atoms with Crippen LogP contribution < -0.4 is 10.6 Å². The number of alkyl carbamates (subject to hydrolysis) is 1. The molecule has 234 valence electrons. The number of carbonyl (C=O) groups excluding carboxylic acids is 2. The number of ether oxygens (including phenoxy) is 2. The van der Waals surface area contributed by atoms with Crippen LogP contribution in [0.3, 0.4) is 0 Å². The van der Waals surface area contributed by atoms with Gasteiger partial charge in [-0.15, -0.1) is 11.8 Å². The molecule has 0 unspecified atom stereocenters. The van der Waals surface area contributed by atoms with Crippen LogP contribution in [-0.4, -0.2) is 61.1 Å². The molecule has 1 amide bonds. The van der Waals surface area contributed by atoms with E-state index in [1.54, 1.807) is 24.2 Å². The summed E-state index contributed by atoms with van der Waals surface area (Å²) < 4.78 is 11.4. The van der Waals surface area contributed by atoms with Crippen LogP contribution in [0.1, 0.15) is 34.6 Å². The van der Waals surface area contributed by atoms with Crippen molar-refractivity contribution in [1.29, 1.82) is 0 Å². The van der Waals surface area contributed by atoms with Gasteiger partial charge in [-0.3, -0.25) is 9.78 Å². The van der Waals surface area contributed by atoms with E-state index in [9.17, 15) is 9.59 Å². The molecule has 0 saturated carbocycles. The fourth-order valence-electron chi connectivity index (χ4n) is 5.69. The van der Waals surface area contributed by atoms with E-state index < -0.39 is 18.1 Å². The number of morpholine rings is 1. The summed E-state index contributed by atoms with van der Waals surface area (Å²) in [5, 5.41) is 7.11. The van der Waals surface area contributed by atoms with E-state index in [0.717, 1.165) is 59.0 Å². The lowest BCUT2D eigenvalue weighted by Crippen LogP contribution is -2.46. The number of hydrogen-bond donors (Lipinski definition) is 2. The second-order valence-electron chi connectivity index (χ2n) is 11.0. The molecular formula is C36H38ClN3O4S. The zero-order chi connectivity index (χ0) is 31.4. The molecule has 45 heavy (non-hydrogen) atoms. The molecule has 4 atom stereocenters. The number of carbonyl (C=O) groups is 2. The zero-order valence-electron chi connectivity index (χ0n) is 25.2. The van der Waals surface area contributed by atoms with Crippen molar-refractivity contribution >= 4 is 35.2 Å². The Morgan fingerprint density at radius 1 is 0.933 bits per heavy atom. The zero-order valence-corrected chi connectivity index (χ0v) is 26.8. The molecule has 0 spiro atoms. The number of aromatic nitrogens is 1. The van der Waals surface area contributed by atoms with E-state index >= 15 is 0 Å². The minimum absolute atomic E-state index is 0.0706. The Morgan fingerprint density at radius 3 is 2.33 bits per heavy atom. The molecule has 1 saturated heterocycles. The van der Waals surface area contributed by atoms with Gasteiger partial charge in [0, 0.05) is 53.5 Å². The van der Waals surface area contributed by atoms with Crippen molar-refractivity contribution in [3.63, 3.8) is 0 Å². The molecule has 7 nitrogen and oxygen atoms in total. The summed E-state index contributed by atoms with van der Waals surface area (Å²) in [7, 11) is 1.30. The first kappa shape index (κ1) is 32.7. The van der Waals surface area contributed by atoms with E-state index in [1.165, 1.54) is 12.0 Å². The first-order valence-electron chi connectivity index (χ1n) is 15.1. The lowest BCUT2D eigenvalue weighted by atomic mass is 9.82. The molecule has 0 radical (unpaired) electrons. The summed E-state index contributed by atoms with van der Waals surface area (Å²) in [5.41, 5.74) is 3.84. The van der Waals surface area contributed by atoms with Crippen molar-refractivity contribution < 1.29 is 19.1 Å². The van der Waals surface area contributed by atoms with Gasteiger partial charge in [0.15, 0.2) is 5.78 Å². The summed E-state index contributed by atoms with van der Waals surface area (Å²) in [6.45, 7) is 1.61. The summed E-state index contributed by atoms with van der Waals surface area (Å²) in [5.74, 6) is 0.330. The van der Waals surface area contributed by atoms with Crippen LogP contribution in [0.5, 0.6) is 0 Å². The fourth-order valence-corrected chi connectivity index (χ4v) is 6.72. The van der Waals surface area contributed by atoms with Crippen molar-refractivity contribution in [1.82, 2.24) is 15.6 Å². The molecule has 2 heterocycles. The predicted octanol–water partition coefficient (Wildman–Crippen LogP) is 6.49. The van der Waals surface area contributed by atoms with E-state index in [2.05, 4.69) is 21.7 Å². The number of methoxy groups -OCH3 is 1. The minimum Gasteiger partial charge on any atom is -0.453 e. The highest BCUT2D eigenvalue weighted by molar-refractivity contribution is 7.99. The molecule has 1 aliphatic rings. The SMILES string of the molecule is COC(=O)N[C@@H](C(=O)Cc1ccccc1CC[C@@H]1CNC[C@@H](CSc2ccc(Cl)cc2)O1)[C@@H](c1ccccc1)c1ccncc1. The Kier molecular flexibility index (Phi) is 12.0. The third kappa shape index (κ3) is 9.41. The van der Waals surface area contributed by atoms with Crippen molar-refractivity contribution in [3.8, 4) is 0 Å². The third-order valence-electron chi connectivity index (χ3n) is 7.96. The Balaban J connectivity index is 1.27. The average Bonchev–Trinajstić information content (AvgIpc) is 3.08. The number of benzene rings is 3. The number of nitrogens with one attached hydrogen (secondary N) is 2. The number of halogens is 1. The number of amides is 1. The first-order valence-corrected chi connectivity index (χ1v) is 16.5. The molecule has 3 aromatic carbocycles. The largest absolute Gasteiger partial charge is 0.453 e. The normalized spacial score (nSPS) is 17.6. The summed E-state index contributed by atoms with van der Waals surface area (Å²) in [6, 6.07) is 28.6. The van der Waals surface area contributed by atoms with Crippen molar-refractivity contribution in [2.75, 3.05) is 26.0 Å². The minimum atomic E-state index is -0.847. The smallest absolute Gasteiger partial charge is 0.407 e. The third-order valence-corrected chi connectivity index (χ3v) is 9.36. The Hall–Kier alpha value is -3.69. The van der Waals surface area contributed by atoms with Gasteiger partial charge in [0.1, 0.15) is 6.04 Å². The second kappa shape index (κ2) is 16.6. The number of thioether (sulfide) groups is 1. The van der Waals surface area contributed by atoms with Crippen molar-refractivity contribution in [2.45, 2.75) is 48.3 Å². The van der Waals surface area contributed by atoms with Gasteiger partial charge >= 0.3 is 6.09 Å². The standard InChI is InChI=1S/C36H38ClN3O4S/c1-43-36(42)40-35(34(26-8-3-2-4-9-26)27-17-19-38-20-18-27)33(41)21-28-10-6-5-7-25(28)11-14-30-22-39-23-31(44-30)24-45-32-15-12-29(37)13-16-32/h2-10,12-13,15-20,30-31,34-35,39H,11,14,21-24H2,1H3,(H,40,42)/t30-,31+,34+,35+/m1/s1. The molecule has 1 aromatic heterocycles. The van der Waals surface area contributed by atoms with E-state index in [1.807, 2.05) is 84.9 Å². The summed E-state index contributed by atoms with van der Waals surface area (Å²) >= 11 is 7.79. The van der Waals surface area contributed by atoms with Gasteiger partial charge in [0.2, 0.25) is 0 Å². The summed E-state index contributed by atoms with van der Waals surface area (Å²) in [6.07, 6.45) is 4.69. The van der Waals surface area contributed by atoms with Crippen LogP contribution in [0.2, 0.25) is 5.02 Å². The van der Waals surface area contributed by atoms with Crippen LogP contribution in [-0.2, 0) is 27.1 Å². The number of Topliss-reactive ketones (excluding diaryl/α,β-unsaturated/α-hetero) is 1. The monoisotopic (exact) mass is 643 g/mol. The molecule has 9 heteroatoms. The van der Waals surface area contributed by atoms with E-state index in [4.69, 9.17) is 21.1 Å². The number of pyridine rings is 1. The average molecular weight is 644 g/mol. The van der Waals surface area contributed by atoms with Crippen LogP contribution in [0, 0.1) is 0 Å². The molecule has 4 aromatic rings. The number of rotatable bonds is 13. The number of hydrogen-bond acceptors (Lipinski definition) is 7. The van der Waals surface area contributed by atoms with Crippen molar-refractivity contribution in [2.24, 2.45) is 0 Å². The van der Waals surface area contributed by atoms with Gasteiger partial charge < -0.3 is 20.1 Å². The highest BCUT2D eigenvalue weighted by Gasteiger charge is 2.33. The first-order chi connectivity index (χ1) is 22.0. The molecular weight excluding hydrogens is 606 g/mol. The molecule has 1 aliphatic heterocycles. The second-order valence-corrected chi connectivity index (χ2v) is 12.6. The maximum absolute atomic E-state index is 14.1. The van der Waals surface area contributed by atoms with Gasteiger partial charge in [-0.1, -0.05) is 66.2 Å². The highest BCUT2D eigenvalue weighted by Crippen LogP contribution is 2.30. The van der Waals surface area contributed by atoms with E-state index in [-0.39, 0.29) is 24.4 Å². The lowest BCUT2D eigenvalue weighted by Gasteiger charge is -2.31. The molecule has 5 rings (SSSR count). The van der Waals surface area contributed by atoms with Gasteiger partial charge in [0.25, 0.3) is 0 Å². The number of ketones is 1. The summed E-state index contributed by atoms with van der Waals surface area (Å²) in [4.78, 5) is 32.0.